The second-order valence-corrected chi connectivity index (χ2v) is 1.96. The molecule has 0 heterocycles. The van der Waals surface area contributed by atoms with Crippen LogP contribution < -0.4 is 0 Å². The van der Waals surface area contributed by atoms with Gasteiger partial charge in [-0.25, -0.2) is 0 Å². The maximum absolute atomic E-state index is 5.16. The first-order valence-corrected chi connectivity index (χ1v) is 3.20. The number of hydrogen-bond acceptors (Lipinski definition) is 0. The number of allylic oxidation sites excluding steroid dienone is 1. The van der Waals surface area contributed by atoms with E-state index in [1.54, 1.807) is 0 Å². The molecule has 11 heavy (non-hydrogen) atoms. The fraction of sp³-hybridized carbons (Fsp3) is 0. The molecule has 0 saturated heterocycles. The van der Waals surface area contributed by atoms with Crippen molar-refractivity contribution in [1.82, 2.24) is 0 Å². The van der Waals surface area contributed by atoms with Crippen LogP contribution in [-0.4, -0.2) is 0 Å². The maximum Gasteiger partial charge on any atom is 0 e. The van der Waals surface area contributed by atoms with Crippen molar-refractivity contribution >= 4 is 0 Å². The van der Waals surface area contributed by atoms with Gasteiger partial charge in [0.15, 0.2) is 0 Å². The van der Waals surface area contributed by atoms with E-state index in [-0.39, 0.29) is 32.7 Å². The molecule has 1 aromatic rings. The summed E-state index contributed by atoms with van der Waals surface area (Å²) in [6, 6.07) is 10.0. The van der Waals surface area contributed by atoms with Crippen LogP contribution in [0.4, 0.5) is 0 Å². The molecular weight excluding hydrogens is 209 g/mol. The van der Waals surface area contributed by atoms with Gasteiger partial charge in [-0.2, -0.15) is 24.1 Å². The molecule has 0 fully saturated rings. The summed E-state index contributed by atoms with van der Waals surface area (Å²) in [6.45, 7) is 5.16. The van der Waals surface area contributed by atoms with E-state index >= 15 is 0 Å². The summed E-state index contributed by atoms with van der Waals surface area (Å²) in [6.07, 6.45) is 5.29. The fourth-order valence-corrected chi connectivity index (χ4v) is 0.731. The van der Waals surface area contributed by atoms with Crippen molar-refractivity contribution in [3.8, 4) is 0 Å². The van der Waals surface area contributed by atoms with Crippen LogP contribution in [0, 0.1) is 19.4 Å². The normalized spacial score (nSPS) is 8.00. The van der Waals surface area contributed by atoms with Gasteiger partial charge in [-0.3, -0.25) is 6.08 Å². The Balaban J connectivity index is 0.000001000. The summed E-state index contributed by atoms with van der Waals surface area (Å²) in [5.41, 5.74) is 1.17. The number of hydrogen-bond donors (Lipinski definition) is 0. The third-order valence-corrected chi connectivity index (χ3v) is 1.20. The Bertz CT molecular complexity index is 191. The van der Waals surface area contributed by atoms with Gasteiger partial charge in [0.1, 0.15) is 0 Å². The Kier molecular flexibility index (Phi) is 6.59. The van der Waals surface area contributed by atoms with Gasteiger partial charge in [-0.05, 0) is 0 Å². The van der Waals surface area contributed by atoms with E-state index in [4.69, 9.17) is 6.58 Å². The molecule has 0 aliphatic heterocycles. The SMILES string of the molecule is [CH-]=C[CH][CH-]c1ccccc1.[Y]. The minimum Gasteiger partial charge on any atom is -0.518 e. The molecule has 54 valence electrons. The summed E-state index contributed by atoms with van der Waals surface area (Å²) >= 11 is 0. The zero-order valence-electron chi connectivity index (χ0n) is 6.27. The third-order valence-electron chi connectivity index (χ3n) is 1.20. The second-order valence-electron chi connectivity index (χ2n) is 1.96. The Labute approximate surface area is 93.6 Å². The topological polar surface area (TPSA) is 0 Å². The van der Waals surface area contributed by atoms with E-state index in [0.717, 1.165) is 0 Å². The Morgan fingerprint density at radius 3 is 2.36 bits per heavy atom. The van der Waals surface area contributed by atoms with Crippen LogP contribution in [0.5, 0.6) is 0 Å². The molecule has 0 nitrogen and oxygen atoms in total. The zero-order valence-corrected chi connectivity index (χ0v) is 9.11. The third kappa shape index (κ3) is 4.39. The van der Waals surface area contributed by atoms with Gasteiger partial charge in [0.2, 0.25) is 0 Å². The van der Waals surface area contributed by atoms with Crippen LogP contribution in [-0.2, 0) is 32.7 Å². The average molecular weight is 218 g/mol. The van der Waals surface area contributed by atoms with E-state index in [9.17, 15) is 0 Å². The average Bonchev–Trinajstić information content (AvgIpc) is 2.03. The van der Waals surface area contributed by atoms with Crippen LogP contribution in [0.3, 0.4) is 0 Å². The Morgan fingerprint density at radius 2 is 1.82 bits per heavy atom. The van der Waals surface area contributed by atoms with Crippen molar-refractivity contribution in [1.29, 1.82) is 0 Å². The van der Waals surface area contributed by atoms with Crippen molar-refractivity contribution in [2.24, 2.45) is 0 Å². The van der Waals surface area contributed by atoms with Crippen LogP contribution >= 0.6 is 0 Å². The van der Waals surface area contributed by atoms with Crippen LogP contribution in [0.1, 0.15) is 5.56 Å². The van der Waals surface area contributed by atoms with Gasteiger partial charge >= 0.3 is 0 Å². The summed E-state index contributed by atoms with van der Waals surface area (Å²) in [4.78, 5) is 0. The molecule has 0 N–H and O–H groups in total. The van der Waals surface area contributed by atoms with Crippen LogP contribution in [0.2, 0.25) is 0 Å². The van der Waals surface area contributed by atoms with Gasteiger partial charge in [0.05, 0.1) is 0 Å². The zero-order chi connectivity index (χ0) is 7.23. The monoisotopic (exact) mass is 218 g/mol. The van der Waals surface area contributed by atoms with Crippen LogP contribution in [0.15, 0.2) is 36.4 Å². The van der Waals surface area contributed by atoms with E-state index in [2.05, 4.69) is 0 Å². The van der Waals surface area contributed by atoms with Gasteiger partial charge in [0, 0.05) is 32.7 Å². The van der Waals surface area contributed by atoms with Gasteiger partial charge in [-0.1, -0.05) is 12.5 Å². The molecule has 2 radical (unpaired) electrons. The molecule has 1 rings (SSSR count). The molecule has 0 atom stereocenters. The summed E-state index contributed by atoms with van der Waals surface area (Å²) in [5, 5.41) is 0. The maximum atomic E-state index is 5.16. The van der Waals surface area contributed by atoms with Gasteiger partial charge in [-0.15, -0.1) is 12.1 Å². The molecule has 1 aromatic carbocycles. The van der Waals surface area contributed by atoms with E-state index in [1.807, 2.05) is 43.2 Å². The van der Waals surface area contributed by atoms with Crippen molar-refractivity contribution in [2.45, 2.75) is 0 Å². The quantitative estimate of drug-likeness (QED) is 0.683. The van der Waals surface area contributed by atoms with Crippen molar-refractivity contribution in [3.05, 3.63) is 61.4 Å². The van der Waals surface area contributed by atoms with Gasteiger partial charge < -0.3 is 6.58 Å². The Morgan fingerprint density at radius 1 is 1.18 bits per heavy atom. The fourth-order valence-electron chi connectivity index (χ4n) is 0.731. The van der Waals surface area contributed by atoms with E-state index in [1.165, 1.54) is 11.6 Å². The smallest absolute Gasteiger partial charge is 0 e. The predicted molar refractivity (Wildman–Crippen MR) is 43.0 cm³/mol. The number of rotatable bonds is 3. The van der Waals surface area contributed by atoms with E-state index < -0.39 is 0 Å². The molecule has 0 aromatic heterocycles. The first-order chi connectivity index (χ1) is 4.93. The first kappa shape index (κ1) is 10.9. The molecule has 0 unspecified atom stereocenters. The molecule has 0 spiro atoms. The van der Waals surface area contributed by atoms with Crippen molar-refractivity contribution < 1.29 is 32.7 Å². The molecule has 0 amide bonds. The number of benzene rings is 1. The standard InChI is InChI=1S/C10H9.Y/c1-2-3-7-10-8-5-4-6-9-10;/h1-9H;/q-2;. The van der Waals surface area contributed by atoms with Crippen molar-refractivity contribution in [3.63, 3.8) is 0 Å². The summed E-state index contributed by atoms with van der Waals surface area (Å²) in [5.74, 6) is 0. The molecule has 1 heteroatoms. The first-order valence-electron chi connectivity index (χ1n) is 3.20. The van der Waals surface area contributed by atoms with Crippen LogP contribution in [0.25, 0.3) is 0 Å². The summed E-state index contributed by atoms with van der Waals surface area (Å²) in [7, 11) is 0. The minimum atomic E-state index is 0. The molecule has 0 saturated carbocycles. The molecule has 0 bridgehead atoms. The largest absolute Gasteiger partial charge is 0.518 e. The molecular formula is C10H9Y-2. The summed E-state index contributed by atoms with van der Waals surface area (Å²) < 4.78 is 0. The minimum absolute atomic E-state index is 0. The molecule has 0 aliphatic rings. The Hall–Kier alpha value is -0.0661. The second kappa shape index (κ2) is 6.63. The molecule has 0 aliphatic carbocycles. The van der Waals surface area contributed by atoms with E-state index in [0.29, 0.717) is 0 Å². The van der Waals surface area contributed by atoms with Gasteiger partial charge in [0.25, 0.3) is 0 Å². The predicted octanol–water partition coefficient (Wildman–Crippen LogP) is 2.43. The van der Waals surface area contributed by atoms with Crippen molar-refractivity contribution in [2.75, 3.05) is 0 Å².